The van der Waals surface area contributed by atoms with Crippen LogP contribution in [-0.2, 0) is 17.3 Å². The van der Waals surface area contributed by atoms with Crippen molar-refractivity contribution in [2.45, 2.75) is 25.1 Å². The first kappa shape index (κ1) is 23.0. The number of methoxy groups -OCH3 is 1. The molecular formula is C23H24F4N4O2. The molecule has 176 valence electrons. The molecule has 0 bridgehead atoms. The van der Waals surface area contributed by atoms with E-state index in [2.05, 4.69) is 15.3 Å². The summed E-state index contributed by atoms with van der Waals surface area (Å²) in [5.74, 6) is 1.33. The van der Waals surface area contributed by atoms with Crippen LogP contribution in [0, 0.1) is 5.92 Å². The van der Waals surface area contributed by atoms with E-state index >= 15 is 0 Å². The van der Waals surface area contributed by atoms with Crippen molar-refractivity contribution in [1.29, 1.82) is 0 Å². The average Bonchev–Trinajstić information content (AvgIpc) is 3.29. The van der Waals surface area contributed by atoms with Crippen LogP contribution in [0.25, 0.3) is 10.9 Å². The van der Waals surface area contributed by atoms with E-state index in [1.54, 1.807) is 13.2 Å². The highest BCUT2D eigenvalue weighted by Gasteiger charge is 2.32. The first-order valence-corrected chi connectivity index (χ1v) is 10.5. The Morgan fingerprint density at radius 3 is 2.70 bits per heavy atom. The number of aromatic nitrogens is 2. The number of nitrogens with two attached hydrogens (primary N) is 1. The van der Waals surface area contributed by atoms with Gasteiger partial charge in [-0.05, 0) is 54.2 Å². The second-order valence-corrected chi connectivity index (χ2v) is 8.07. The fourth-order valence-corrected chi connectivity index (χ4v) is 4.07. The molecule has 0 spiro atoms. The standard InChI is InChI=1S/C23H24F4N4O2/c1-32-21-9-19-18(7-15(21)4-13-2-3-33-11-13)22(30-12-29-19)31-20(10-24)14-5-16(23(25,26)27)8-17(28)6-14/h5-9,12-13,20H,2-4,10-11,28H2,1H3,(H,29,30,31)/t13-,20+/m0/s1. The van der Waals surface area contributed by atoms with E-state index in [-0.39, 0.29) is 11.3 Å². The van der Waals surface area contributed by atoms with Gasteiger partial charge in [-0.15, -0.1) is 0 Å². The zero-order chi connectivity index (χ0) is 23.6. The van der Waals surface area contributed by atoms with Crippen molar-refractivity contribution >= 4 is 22.4 Å². The molecule has 4 rings (SSSR count). The van der Waals surface area contributed by atoms with Crippen LogP contribution in [0.4, 0.5) is 29.1 Å². The van der Waals surface area contributed by atoms with Gasteiger partial charge < -0.3 is 20.5 Å². The van der Waals surface area contributed by atoms with Gasteiger partial charge in [0.15, 0.2) is 0 Å². The topological polar surface area (TPSA) is 82.3 Å². The second kappa shape index (κ2) is 9.38. The van der Waals surface area contributed by atoms with Crippen LogP contribution in [0.2, 0.25) is 0 Å². The number of rotatable bonds is 7. The average molecular weight is 464 g/mol. The Balaban J connectivity index is 1.70. The number of alkyl halides is 4. The van der Waals surface area contributed by atoms with E-state index in [9.17, 15) is 17.6 Å². The Hall–Kier alpha value is -3.14. The van der Waals surface area contributed by atoms with E-state index in [1.807, 2.05) is 6.07 Å². The number of halogens is 4. The van der Waals surface area contributed by atoms with Crippen LogP contribution in [0.15, 0.2) is 36.7 Å². The number of nitrogen functional groups attached to an aromatic ring is 1. The Morgan fingerprint density at radius 1 is 1.21 bits per heavy atom. The number of nitrogens with zero attached hydrogens (tertiary/aromatic N) is 2. The molecule has 3 aromatic rings. The van der Waals surface area contributed by atoms with Crippen molar-refractivity contribution in [1.82, 2.24) is 9.97 Å². The molecule has 2 atom stereocenters. The Morgan fingerprint density at radius 2 is 2.03 bits per heavy atom. The Labute approximate surface area is 188 Å². The Kier molecular flexibility index (Phi) is 6.55. The lowest BCUT2D eigenvalue weighted by atomic mass is 9.96. The second-order valence-electron chi connectivity index (χ2n) is 8.07. The molecule has 2 heterocycles. The highest BCUT2D eigenvalue weighted by atomic mass is 19.4. The summed E-state index contributed by atoms with van der Waals surface area (Å²) in [6, 6.07) is 5.62. The van der Waals surface area contributed by atoms with Crippen molar-refractivity contribution in [2.24, 2.45) is 5.92 Å². The third-order valence-electron chi connectivity index (χ3n) is 5.74. The number of hydrogen-bond donors (Lipinski definition) is 2. The van der Waals surface area contributed by atoms with Crippen molar-refractivity contribution in [2.75, 3.05) is 38.0 Å². The summed E-state index contributed by atoms with van der Waals surface area (Å²) >= 11 is 0. The molecule has 3 N–H and O–H groups in total. The Bertz CT molecular complexity index is 1130. The molecule has 6 nitrogen and oxygen atoms in total. The first-order valence-electron chi connectivity index (χ1n) is 10.5. The highest BCUT2D eigenvalue weighted by molar-refractivity contribution is 5.91. The number of hydrogen-bond acceptors (Lipinski definition) is 6. The van der Waals surface area contributed by atoms with Crippen LogP contribution >= 0.6 is 0 Å². The van der Waals surface area contributed by atoms with E-state index in [1.165, 1.54) is 12.4 Å². The molecular weight excluding hydrogens is 440 g/mol. The highest BCUT2D eigenvalue weighted by Crippen LogP contribution is 2.35. The van der Waals surface area contributed by atoms with E-state index < -0.39 is 24.5 Å². The zero-order valence-corrected chi connectivity index (χ0v) is 18.0. The minimum absolute atomic E-state index is 0.0772. The summed E-state index contributed by atoms with van der Waals surface area (Å²) in [4.78, 5) is 8.51. The number of anilines is 2. The van der Waals surface area contributed by atoms with Crippen molar-refractivity contribution < 1.29 is 27.0 Å². The molecule has 0 amide bonds. The first-order chi connectivity index (χ1) is 15.8. The maximum Gasteiger partial charge on any atom is 0.416 e. The summed E-state index contributed by atoms with van der Waals surface area (Å²) < 4.78 is 64.7. The normalized spacial score (nSPS) is 17.3. The number of fused-ring (bicyclic) bond motifs is 1. The fourth-order valence-electron chi connectivity index (χ4n) is 4.07. The lowest BCUT2D eigenvalue weighted by Crippen LogP contribution is -2.16. The van der Waals surface area contributed by atoms with Gasteiger partial charge >= 0.3 is 6.18 Å². The van der Waals surface area contributed by atoms with Crippen LogP contribution in [0.1, 0.15) is 29.2 Å². The van der Waals surface area contributed by atoms with Gasteiger partial charge in [0, 0.05) is 30.4 Å². The number of ether oxygens (including phenoxy) is 2. The quantitative estimate of drug-likeness (QED) is 0.381. The largest absolute Gasteiger partial charge is 0.496 e. The van der Waals surface area contributed by atoms with Crippen molar-refractivity contribution in [3.05, 3.63) is 53.3 Å². The molecule has 10 heteroatoms. The van der Waals surface area contributed by atoms with E-state index in [0.717, 1.165) is 37.1 Å². The minimum atomic E-state index is -4.60. The summed E-state index contributed by atoms with van der Waals surface area (Å²) in [6.07, 6.45) is -1.62. The predicted octanol–water partition coefficient (Wildman–Crippen LogP) is 4.94. The minimum Gasteiger partial charge on any atom is -0.496 e. The third kappa shape index (κ3) is 5.11. The third-order valence-corrected chi connectivity index (χ3v) is 5.74. The maximum atomic E-state index is 14.0. The monoisotopic (exact) mass is 464 g/mol. The van der Waals surface area contributed by atoms with Gasteiger partial charge in [0.1, 0.15) is 24.6 Å². The van der Waals surface area contributed by atoms with E-state index in [0.29, 0.717) is 35.0 Å². The van der Waals surface area contributed by atoms with Gasteiger partial charge in [0.25, 0.3) is 0 Å². The molecule has 1 fully saturated rings. The molecule has 1 aromatic heterocycles. The van der Waals surface area contributed by atoms with Gasteiger partial charge in [0.05, 0.1) is 24.2 Å². The molecule has 33 heavy (non-hydrogen) atoms. The summed E-state index contributed by atoms with van der Waals surface area (Å²) in [7, 11) is 1.58. The van der Waals surface area contributed by atoms with Crippen LogP contribution < -0.4 is 15.8 Å². The van der Waals surface area contributed by atoms with Gasteiger partial charge in [0.2, 0.25) is 0 Å². The maximum absolute atomic E-state index is 14.0. The van der Waals surface area contributed by atoms with Gasteiger partial charge in [-0.1, -0.05) is 0 Å². The van der Waals surface area contributed by atoms with Gasteiger partial charge in [-0.2, -0.15) is 13.2 Å². The summed E-state index contributed by atoms with van der Waals surface area (Å²) in [5, 5.41) is 3.55. The lowest BCUT2D eigenvalue weighted by molar-refractivity contribution is -0.137. The summed E-state index contributed by atoms with van der Waals surface area (Å²) in [5.41, 5.74) is 6.20. The van der Waals surface area contributed by atoms with Gasteiger partial charge in [-0.3, -0.25) is 0 Å². The van der Waals surface area contributed by atoms with E-state index in [4.69, 9.17) is 15.2 Å². The molecule has 1 aliphatic heterocycles. The molecule has 1 saturated heterocycles. The van der Waals surface area contributed by atoms with Gasteiger partial charge in [-0.25, -0.2) is 14.4 Å². The SMILES string of the molecule is COc1cc2ncnc(N[C@H](CF)c3cc(N)cc(C(F)(F)F)c3)c2cc1C[C@@H]1CCOC1. The zero-order valence-electron chi connectivity index (χ0n) is 18.0. The smallest absolute Gasteiger partial charge is 0.416 e. The van der Waals surface area contributed by atoms with Crippen molar-refractivity contribution in [3.8, 4) is 5.75 Å². The predicted molar refractivity (Wildman–Crippen MR) is 117 cm³/mol. The van der Waals surface area contributed by atoms with Crippen LogP contribution in [0.5, 0.6) is 5.75 Å². The summed E-state index contributed by atoms with van der Waals surface area (Å²) in [6.45, 7) is 0.419. The van der Waals surface area contributed by atoms with Crippen molar-refractivity contribution in [3.63, 3.8) is 0 Å². The molecule has 1 aliphatic rings. The number of nitrogens with one attached hydrogen (secondary N) is 1. The molecule has 0 unspecified atom stereocenters. The molecule has 0 saturated carbocycles. The van der Waals surface area contributed by atoms with Crippen LogP contribution in [-0.4, -0.2) is 37.0 Å². The molecule has 0 aliphatic carbocycles. The molecule has 2 aromatic carbocycles. The van der Waals surface area contributed by atoms with Crippen LogP contribution in [0.3, 0.4) is 0 Å². The fraction of sp³-hybridized carbons (Fsp3) is 0.391. The number of benzene rings is 2. The molecule has 0 radical (unpaired) electrons. The lowest BCUT2D eigenvalue weighted by Gasteiger charge is -2.20.